The van der Waals surface area contributed by atoms with Crippen molar-refractivity contribution in [2.45, 2.75) is 46.5 Å². The zero-order valence-electron chi connectivity index (χ0n) is 12.7. The quantitative estimate of drug-likeness (QED) is 0.617. The Bertz CT molecular complexity index is 601. The molecular formula is C19H24. The zero-order chi connectivity index (χ0) is 14.0. The highest BCUT2D eigenvalue weighted by molar-refractivity contribution is 5.94. The molecule has 2 aromatic carbocycles. The third kappa shape index (κ3) is 2.58. The molecule has 0 aliphatic rings. The molecule has 2 aromatic rings. The molecule has 100 valence electrons. The molecule has 0 aliphatic heterocycles. The van der Waals surface area contributed by atoms with Crippen molar-refractivity contribution in [2.24, 2.45) is 0 Å². The molecule has 0 aromatic heterocycles. The van der Waals surface area contributed by atoms with Gasteiger partial charge in [-0.05, 0) is 46.2 Å². The van der Waals surface area contributed by atoms with Gasteiger partial charge in [0.2, 0.25) is 0 Å². The summed E-state index contributed by atoms with van der Waals surface area (Å²) in [5, 5.41) is 2.78. The van der Waals surface area contributed by atoms with E-state index in [0.717, 1.165) is 0 Å². The number of rotatable bonds is 3. The second kappa shape index (κ2) is 5.61. The van der Waals surface area contributed by atoms with Crippen LogP contribution in [0.25, 0.3) is 16.8 Å². The SMILES string of the molecule is CC=Cc1cc(C(C)C)c(C(C)C)c2ccccc12. The molecule has 0 fully saturated rings. The molecule has 0 aliphatic carbocycles. The molecule has 0 N–H and O–H groups in total. The van der Waals surface area contributed by atoms with Crippen LogP contribution in [0, 0.1) is 0 Å². The summed E-state index contributed by atoms with van der Waals surface area (Å²) in [6, 6.07) is 11.2. The van der Waals surface area contributed by atoms with Crippen LogP contribution in [-0.2, 0) is 0 Å². The van der Waals surface area contributed by atoms with E-state index >= 15 is 0 Å². The predicted octanol–water partition coefficient (Wildman–Crippen LogP) is 6.12. The van der Waals surface area contributed by atoms with E-state index in [1.807, 2.05) is 0 Å². The van der Waals surface area contributed by atoms with Crippen molar-refractivity contribution in [3.8, 4) is 0 Å². The Morgan fingerprint density at radius 2 is 1.53 bits per heavy atom. The fourth-order valence-electron chi connectivity index (χ4n) is 2.89. The van der Waals surface area contributed by atoms with Crippen LogP contribution in [0.15, 0.2) is 36.4 Å². The fraction of sp³-hybridized carbons (Fsp3) is 0.368. The second-order valence-corrected chi connectivity index (χ2v) is 5.82. The second-order valence-electron chi connectivity index (χ2n) is 5.82. The first-order valence-electron chi connectivity index (χ1n) is 7.24. The van der Waals surface area contributed by atoms with Crippen LogP contribution >= 0.6 is 0 Å². The third-order valence-corrected chi connectivity index (χ3v) is 3.70. The van der Waals surface area contributed by atoms with Crippen molar-refractivity contribution in [2.75, 3.05) is 0 Å². The van der Waals surface area contributed by atoms with Gasteiger partial charge in [-0.1, -0.05) is 70.2 Å². The summed E-state index contributed by atoms with van der Waals surface area (Å²) < 4.78 is 0. The van der Waals surface area contributed by atoms with E-state index in [0.29, 0.717) is 11.8 Å². The molecule has 0 amide bonds. The third-order valence-electron chi connectivity index (χ3n) is 3.70. The maximum Gasteiger partial charge on any atom is -0.0108 e. The van der Waals surface area contributed by atoms with Crippen LogP contribution in [0.4, 0.5) is 0 Å². The summed E-state index contributed by atoms with van der Waals surface area (Å²) in [7, 11) is 0. The Morgan fingerprint density at radius 1 is 0.895 bits per heavy atom. The number of fused-ring (bicyclic) bond motifs is 1. The smallest absolute Gasteiger partial charge is 0.0108 e. The topological polar surface area (TPSA) is 0 Å². The molecule has 0 heterocycles. The summed E-state index contributed by atoms with van der Waals surface area (Å²) in [4.78, 5) is 0. The van der Waals surface area contributed by atoms with Gasteiger partial charge in [-0.25, -0.2) is 0 Å². The first-order chi connectivity index (χ1) is 9.06. The first-order valence-corrected chi connectivity index (χ1v) is 7.24. The predicted molar refractivity (Wildman–Crippen MR) is 86.8 cm³/mol. The molecule has 0 saturated heterocycles. The van der Waals surface area contributed by atoms with Crippen LogP contribution in [-0.4, -0.2) is 0 Å². The summed E-state index contributed by atoms with van der Waals surface area (Å²) in [5.74, 6) is 1.12. The minimum atomic E-state index is 0.557. The van der Waals surface area contributed by atoms with Crippen molar-refractivity contribution in [3.63, 3.8) is 0 Å². The van der Waals surface area contributed by atoms with Crippen molar-refractivity contribution in [1.82, 2.24) is 0 Å². The molecule has 2 rings (SSSR count). The monoisotopic (exact) mass is 252 g/mol. The Hall–Kier alpha value is -1.56. The zero-order valence-corrected chi connectivity index (χ0v) is 12.7. The van der Waals surface area contributed by atoms with Gasteiger partial charge in [0.15, 0.2) is 0 Å². The minimum absolute atomic E-state index is 0.557. The molecule has 19 heavy (non-hydrogen) atoms. The van der Waals surface area contributed by atoms with Crippen LogP contribution in [0.2, 0.25) is 0 Å². The van der Waals surface area contributed by atoms with Gasteiger partial charge in [0.1, 0.15) is 0 Å². The van der Waals surface area contributed by atoms with Gasteiger partial charge in [-0.3, -0.25) is 0 Å². The van der Waals surface area contributed by atoms with E-state index in [2.05, 4.69) is 77.1 Å². The van der Waals surface area contributed by atoms with Crippen molar-refractivity contribution in [1.29, 1.82) is 0 Å². The molecular weight excluding hydrogens is 228 g/mol. The first kappa shape index (κ1) is 13.9. The molecule has 0 heteroatoms. The molecule has 0 bridgehead atoms. The molecule has 0 unspecified atom stereocenters. The number of benzene rings is 2. The Morgan fingerprint density at radius 3 is 2.05 bits per heavy atom. The van der Waals surface area contributed by atoms with Crippen LogP contribution in [0.1, 0.15) is 63.1 Å². The number of hydrogen-bond donors (Lipinski definition) is 0. The highest BCUT2D eigenvalue weighted by atomic mass is 14.2. The molecule has 0 saturated carbocycles. The lowest BCUT2D eigenvalue weighted by atomic mass is 9.84. The summed E-state index contributed by atoms with van der Waals surface area (Å²) in [6.07, 6.45) is 4.35. The lowest BCUT2D eigenvalue weighted by molar-refractivity contribution is 0.797. The maximum absolute atomic E-state index is 2.38. The van der Waals surface area contributed by atoms with E-state index in [1.54, 1.807) is 0 Å². The van der Waals surface area contributed by atoms with Crippen LogP contribution in [0.3, 0.4) is 0 Å². The van der Waals surface area contributed by atoms with Gasteiger partial charge < -0.3 is 0 Å². The van der Waals surface area contributed by atoms with Crippen LogP contribution < -0.4 is 0 Å². The summed E-state index contributed by atoms with van der Waals surface area (Å²) >= 11 is 0. The van der Waals surface area contributed by atoms with Crippen LogP contribution in [0.5, 0.6) is 0 Å². The standard InChI is InChI=1S/C19H24/c1-6-9-15-12-18(13(2)3)19(14(4)5)17-11-8-7-10-16(15)17/h6-14H,1-5H3. The van der Waals surface area contributed by atoms with Gasteiger partial charge in [0.05, 0.1) is 0 Å². The van der Waals surface area contributed by atoms with Crippen molar-refractivity contribution >= 4 is 16.8 Å². The normalized spacial score (nSPS) is 12.2. The molecule has 0 spiro atoms. The van der Waals surface area contributed by atoms with Gasteiger partial charge in [0, 0.05) is 0 Å². The summed E-state index contributed by atoms with van der Waals surface area (Å²) in [6.45, 7) is 11.2. The van der Waals surface area contributed by atoms with Gasteiger partial charge >= 0.3 is 0 Å². The van der Waals surface area contributed by atoms with E-state index in [-0.39, 0.29) is 0 Å². The largest absolute Gasteiger partial charge is 0.0870 e. The van der Waals surface area contributed by atoms with E-state index in [4.69, 9.17) is 0 Å². The Balaban J connectivity index is 2.90. The van der Waals surface area contributed by atoms with Gasteiger partial charge in [-0.15, -0.1) is 0 Å². The molecule has 0 atom stereocenters. The number of hydrogen-bond acceptors (Lipinski definition) is 0. The lowest BCUT2D eigenvalue weighted by Crippen LogP contribution is -2.01. The Kier molecular flexibility index (Phi) is 4.09. The average Bonchev–Trinajstić information content (AvgIpc) is 2.38. The lowest BCUT2D eigenvalue weighted by Gasteiger charge is -2.20. The number of allylic oxidation sites excluding steroid dienone is 1. The van der Waals surface area contributed by atoms with E-state index < -0.39 is 0 Å². The Labute approximate surface area is 117 Å². The average molecular weight is 252 g/mol. The summed E-state index contributed by atoms with van der Waals surface area (Å²) in [5.41, 5.74) is 4.34. The van der Waals surface area contributed by atoms with Crippen molar-refractivity contribution in [3.05, 3.63) is 53.1 Å². The van der Waals surface area contributed by atoms with Gasteiger partial charge in [-0.2, -0.15) is 0 Å². The van der Waals surface area contributed by atoms with E-state index in [9.17, 15) is 0 Å². The van der Waals surface area contributed by atoms with E-state index in [1.165, 1.54) is 27.5 Å². The minimum Gasteiger partial charge on any atom is -0.0870 e. The fourth-order valence-corrected chi connectivity index (χ4v) is 2.89. The maximum atomic E-state index is 2.38. The highest BCUT2D eigenvalue weighted by Crippen LogP contribution is 2.35. The van der Waals surface area contributed by atoms with Crippen molar-refractivity contribution < 1.29 is 0 Å². The molecule has 0 radical (unpaired) electrons. The molecule has 0 nitrogen and oxygen atoms in total. The highest BCUT2D eigenvalue weighted by Gasteiger charge is 2.15. The van der Waals surface area contributed by atoms with Gasteiger partial charge in [0.25, 0.3) is 0 Å².